The number of ether oxygens (including phenoxy) is 1. The maximum Gasteiger partial charge on any atom is 0.341 e. The molecule has 30 heavy (non-hydrogen) atoms. The number of benzene rings is 1. The topological polar surface area (TPSA) is 92.7 Å². The third-order valence-corrected chi connectivity index (χ3v) is 7.16. The Kier molecular flexibility index (Phi) is 5.42. The quantitative estimate of drug-likeness (QED) is 0.517. The van der Waals surface area contributed by atoms with Gasteiger partial charge >= 0.3 is 11.9 Å². The molecule has 1 amide bonds. The molecule has 0 radical (unpaired) electrons. The number of hydrogen-bond donors (Lipinski definition) is 2. The number of thiophene rings is 1. The number of hydrogen-bond acceptors (Lipinski definition) is 5. The summed E-state index contributed by atoms with van der Waals surface area (Å²) in [5.74, 6) is -3.56. The highest BCUT2D eigenvalue weighted by molar-refractivity contribution is 7.17. The van der Waals surface area contributed by atoms with E-state index in [4.69, 9.17) is 16.3 Å². The zero-order valence-electron chi connectivity index (χ0n) is 16.3. The van der Waals surface area contributed by atoms with E-state index in [-0.39, 0.29) is 23.3 Å². The number of nitrogens with one attached hydrogen (secondary N) is 1. The van der Waals surface area contributed by atoms with Crippen molar-refractivity contribution in [1.82, 2.24) is 0 Å². The molecule has 2 aliphatic rings. The number of fused-ring (bicyclic) bond motifs is 2. The standard InChI is InChI=1S/C22H20ClNO5S/c1-10-15(11-5-7-14(23)8-6-11)18(22(28)29-2)20(30-10)24-19(25)16-12-3-4-13(9-12)17(16)21(26)27/h3-8,12-13,16-17H,9H2,1-2H3,(H,24,25)(H,26,27). The molecule has 1 fully saturated rings. The number of carboxylic acid groups (broad SMARTS) is 1. The van der Waals surface area contributed by atoms with Gasteiger partial charge in [-0.05, 0) is 42.9 Å². The summed E-state index contributed by atoms with van der Waals surface area (Å²) >= 11 is 7.26. The van der Waals surface area contributed by atoms with E-state index in [0.29, 0.717) is 22.0 Å². The van der Waals surface area contributed by atoms with E-state index >= 15 is 0 Å². The van der Waals surface area contributed by atoms with Gasteiger partial charge < -0.3 is 15.2 Å². The predicted octanol–water partition coefficient (Wildman–Crippen LogP) is 4.62. The number of carbonyl (C=O) groups is 3. The molecular formula is C22H20ClNO5S. The average molecular weight is 446 g/mol. The molecule has 2 aliphatic carbocycles. The highest BCUT2D eigenvalue weighted by Gasteiger charge is 2.51. The number of esters is 1. The number of aliphatic carboxylic acids is 1. The van der Waals surface area contributed by atoms with Crippen LogP contribution in [0.1, 0.15) is 21.7 Å². The Morgan fingerprint density at radius 1 is 1.13 bits per heavy atom. The monoisotopic (exact) mass is 445 g/mol. The van der Waals surface area contributed by atoms with Crippen molar-refractivity contribution in [2.75, 3.05) is 12.4 Å². The molecule has 156 valence electrons. The van der Waals surface area contributed by atoms with Gasteiger partial charge in [-0.2, -0.15) is 0 Å². The number of carbonyl (C=O) groups excluding carboxylic acids is 2. The number of anilines is 1. The minimum absolute atomic E-state index is 0.102. The summed E-state index contributed by atoms with van der Waals surface area (Å²) in [6.45, 7) is 1.86. The van der Waals surface area contributed by atoms with Gasteiger partial charge in [-0.25, -0.2) is 4.79 Å². The second-order valence-electron chi connectivity index (χ2n) is 7.56. The fourth-order valence-corrected chi connectivity index (χ4v) is 5.80. The molecule has 1 aromatic heterocycles. The first-order chi connectivity index (χ1) is 14.3. The maximum absolute atomic E-state index is 13.1. The summed E-state index contributed by atoms with van der Waals surface area (Å²) in [5, 5.41) is 13.4. The second kappa shape index (κ2) is 7.89. The van der Waals surface area contributed by atoms with Crippen molar-refractivity contribution in [2.24, 2.45) is 23.7 Å². The second-order valence-corrected chi connectivity index (χ2v) is 9.22. The van der Waals surface area contributed by atoms with Gasteiger partial charge in [0.05, 0.1) is 18.9 Å². The summed E-state index contributed by atoms with van der Waals surface area (Å²) in [6, 6.07) is 7.06. The lowest BCUT2D eigenvalue weighted by molar-refractivity contribution is -0.146. The summed E-state index contributed by atoms with van der Waals surface area (Å²) < 4.78 is 4.98. The van der Waals surface area contributed by atoms with Gasteiger partial charge in [0.1, 0.15) is 10.6 Å². The predicted molar refractivity (Wildman–Crippen MR) is 115 cm³/mol. The summed E-state index contributed by atoms with van der Waals surface area (Å²) in [4.78, 5) is 38.3. The lowest BCUT2D eigenvalue weighted by atomic mass is 9.82. The number of rotatable bonds is 5. The van der Waals surface area contributed by atoms with Crippen molar-refractivity contribution < 1.29 is 24.2 Å². The normalized spacial score (nSPS) is 24.1. The van der Waals surface area contributed by atoms with Gasteiger partial charge in [-0.15, -0.1) is 11.3 Å². The molecule has 1 heterocycles. The number of carboxylic acids is 1. The number of aryl methyl sites for hydroxylation is 1. The van der Waals surface area contributed by atoms with Gasteiger partial charge in [0.25, 0.3) is 0 Å². The van der Waals surface area contributed by atoms with Crippen LogP contribution in [-0.2, 0) is 14.3 Å². The zero-order valence-corrected chi connectivity index (χ0v) is 17.9. The summed E-state index contributed by atoms with van der Waals surface area (Å²) in [5.41, 5.74) is 1.71. The lowest BCUT2D eigenvalue weighted by Gasteiger charge is -2.23. The van der Waals surface area contributed by atoms with E-state index in [2.05, 4.69) is 5.32 Å². The lowest BCUT2D eigenvalue weighted by Crippen LogP contribution is -2.36. The highest BCUT2D eigenvalue weighted by Crippen LogP contribution is 2.49. The Bertz CT molecular complexity index is 1060. The Morgan fingerprint density at radius 2 is 1.77 bits per heavy atom. The summed E-state index contributed by atoms with van der Waals surface area (Å²) in [6.07, 6.45) is 4.48. The third-order valence-electron chi connectivity index (χ3n) is 5.89. The highest BCUT2D eigenvalue weighted by atomic mass is 35.5. The zero-order chi connectivity index (χ0) is 21.6. The molecule has 0 aliphatic heterocycles. The van der Waals surface area contributed by atoms with Crippen LogP contribution in [0.2, 0.25) is 5.02 Å². The first kappa shape index (κ1) is 20.6. The van der Waals surface area contributed by atoms with E-state index in [1.807, 2.05) is 19.1 Å². The van der Waals surface area contributed by atoms with Gasteiger partial charge in [-0.1, -0.05) is 35.9 Å². The van der Waals surface area contributed by atoms with Gasteiger partial charge in [0, 0.05) is 15.5 Å². The van der Waals surface area contributed by atoms with E-state index in [1.165, 1.54) is 18.4 Å². The molecule has 4 atom stereocenters. The number of halogens is 1. The molecule has 1 aromatic carbocycles. The molecule has 2 N–H and O–H groups in total. The van der Waals surface area contributed by atoms with Crippen molar-refractivity contribution in [1.29, 1.82) is 0 Å². The Labute approximate surface area is 182 Å². The van der Waals surface area contributed by atoms with E-state index in [0.717, 1.165) is 10.4 Å². The molecule has 2 aromatic rings. The molecular weight excluding hydrogens is 426 g/mol. The van der Waals surface area contributed by atoms with Crippen LogP contribution in [0.5, 0.6) is 0 Å². The van der Waals surface area contributed by atoms with Crippen LogP contribution in [0.15, 0.2) is 36.4 Å². The molecule has 8 heteroatoms. The fraction of sp³-hybridized carbons (Fsp3) is 0.318. The Hall–Kier alpha value is -2.64. The molecule has 4 rings (SSSR count). The van der Waals surface area contributed by atoms with Crippen molar-refractivity contribution in [3.8, 4) is 11.1 Å². The van der Waals surface area contributed by atoms with Crippen LogP contribution in [0.3, 0.4) is 0 Å². The minimum atomic E-state index is -0.968. The Morgan fingerprint density at radius 3 is 2.37 bits per heavy atom. The Balaban J connectivity index is 1.71. The van der Waals surface area contributed by atoms with Crippen LogP contribution < -0.4 is 5.32 Å². The van der Waals surface area contributed by atoms with Gasteiger partial charge in [0.2, 0.25) is 5.91 Å². The van der Waals surface area contributed by atoms with E-state index < -0.39 is 23.8 Å². The van der Waals surface area contributed by atoms with Crippen LogP contribution in [0.4, 0.5) is 5.00 Å². The fourth-order valence-electron chi connectivity index (χ4n) is 4.61. The third kappa shape index (κ3) is 3.42. The van der Waals surface area contributed by atoms with Gasteiger partial charge in [0.15, 0.2) is 0 Å². The molecule has 6 nitrogen and oxygen atoms in total. The largest absolute Gasteiger partial charge is 0.481 e. The van der Waals surface area contributed by atoms with Crippen LogP contribution in [-0.4, -0.2) is 30.1 Å². The van der Waals surface area contributed by atoms with Crippen molar-refractivity contribution in [3.05, 3.63) is 51.9 Å². The molecule has 0 saturated heterocycles. The number of methoxy groups -OCH3 is 1. The van der Waals surface area contributed by atoms with Gasteiger partial charge in [-0.3, -0.25) is 9.59 Å². The molecule has 4 unspecified atom stereocenters. The first-order valence-corrected chi connectivity index (χ1v) is 10.7. The van der Waals surface area contributed by atoms with E-state index in [1.54, 1.807) is 24.3 Å². The molecule has 0 spiro atoms. The molecule has 1 saturated carbocycles. The SMILES string of the molecule is COC(=O)c1c(NC(=O)C2C3C=CC(C3)C2C(=O)O)sc(C)c1-c1ccc(Cl)cc1. The number of amides is 1. The first-order valence-electron chi connectivity index (χ1n) is 9.51. The maximum atomic E-state index is 13.1. The van der Waals surface area contributed by atoms with Crippen LogP contribution in [0, 0.1) is 30.6 Å². The van der Waals surface area contributed by atoms with E-state index in [9.17, 15) is 19.5 Å². The summed E-state index contributed by atoms with van der Waals surface area (Å²) in [7, 11) is 1.29. The van der Waals surface area contributed by atoms with Crippen LogP contribution >= 0.6 is 22.9 Å². The van der Waals surface area contributed by atoms with Crippen molar-refractivity contribution in [3.63, 3.8) is 0 Å². The van der Waals surface area contributed by atoms with Crippen LogP contribution in [0.25, 0.3) is 11.1 Å². The molecule has 2 bridgehead atoms. The minimum Gasteiger partial charge on any atom is -0.481 e. The smallest absolute Gasteiger partial charge is 0.341 e. The van der Waals surface area contributed by atoms with Crippen molar-refractivity contribution in [2.45, 2.75) is 13.3 Å². The average Bonchev–Trinajstić information content (AvgIpc) is 3.41. The van der Waals surface area contributed by atoms with Crippen molar-refractivity contribution >= 4 is 45.8 Å². The number of allylic oxidation sites excluding steroid dienone is 2.